The summed E-state index contributed by atoms with van der Waals surface area (Å²) in [5.74, 6) is -0.176. The van der Waals surface area contributed by atoms with E-state index >= 15 is 0 Å². The Hall–Kier alpha value is -0.710. The molecule has 2 atom stereocenters. The van der Waals surface area contributed by atoms with E-state index in [4.69, 9.17) is 0 Å². The van der Waals surface area contributed by atoms with E-state index in [2.05, 4.69) is 48.1 Å². The van der Waals surface area contributed by atoms with Gasteiger partial charge in [-0.2, -0.15) is 0 Å². The van der Waals surface area contributed by atoms with Crippen LogP contribution in [0.5, 0.6) is 0 Å². The number of benzene rings is 1. The molecule has 0 spiro atoms. The Bertz CT molecular complexity index is 609. The summed E-state index contributed by atoms with van der Waals surface area (Å²) in [6.45, 7) is 8.38. The van der Waals surface area contributed by atoms with E-state index in [9.17, 15) is 4.39 Å². The van der Waals surface area contributed by atoms with Crippen molar-refractivity contribution >= 4 is 27.3 Å². The predicted octanol–water partition coefficient (Wildman–Crippen LogP) is 5.68. The van der Waals surface area contributed by atoms with Crippen LogP contribution < -0.4 is 5.32 Å². The molecule has 0 radical (unpaired) electrons. The van der Waals surface area contributed by atoms with E-state index in [1.165, 1.54) is 21.4 Å². The van der Waals surface area contributed by atoms with E-state index in [0.29, 0.717) is 5.56 Å². The van der Waals surface area contributed by atoms with Gasteiger partial charge in [-0.3, -0.25) is 0 Å². The summed E-state index contributed by atoms with van der Waals surface area (Å²) in [6.07, 6.45) is 0. The number of hydrogen-bond acceptors (Lipinski definition) is 2. The fourth-order valence-corrected chi connectivity index (χ4v) is 3.84. The van der Waals surface area contributed by atoms with Crippen molar-refractivity contribution in [3.63, 3.8) is 0 Å². The molecule has 4 heteroatoms. The lowest BCUT2D eigenvalue weighted by Gasteiger charge is -2.21. The second-order valence-corrected chi connectivity index (χ2v) is 7.52. The quantitative estimate of drug-likeness (QED) is 0.743. The molecule has 0 fully saturated rings. The van der Waals surface area contributed by atoms with Crippen molar-refractivity contribution in [2.45, 2.75) is 39.8 Å². The molecule has 1 aromatic carbocycles. The van der Waals surface area contributed by atoms with Crippen molar-refractivity contribution in [1.82, 2.24) is 5.32 Å². The molecule has 1 aromatic heterocycles. The molecular formula is C16H19BrFNS. The first-order valence-corrected chi connectivity index (χ1v) is 8.27. The molecule has 1 heterocycles. The molecule has 108 valence electrons. The molecule has 0 aliphatic carbocycles. The van der Waals surface area contributed by atoms with Gasteiger partial charge in [0, 0.05) is 31.9 Å². The zero-order valence-corrected chi connectivity index (χ0v) is 14.5. The molecular weight excluding hydrogens is 337 g/mol. The first-order valence-electron chi connectivity index (χ1n) is 6.66. The number of halogens is 2. The molecule has 2 aromatic rings. The highest BCUT2D eigenvalue weighted by molar-refractivity contribution is 9.10. The van der Waals surface area contributed by atoms with Gasteiger partial charge < -0.3 is 5.32 Å². The highest BCUT2D eigenvalue weighted by Gasteiger charge is 2.17. The second-order valence-electron chi connectivity index (χ2n) is 5.14. The summed E-state index contributed by atoms with van der Waals surface area (Å²) in [7, 11) is 0. The number of thiophene rings is 1. The van der Waals surface area contributed by atoms with Crippen molar-refractivity contribution in [1.29, 1.82) is 0 Å². The molecule has 0 saturated carbocycles. The van der Waals surface area contributed by atoms with Crippen LogP contribution in [0, 0.1) is 19.7 Å². The average Bonchev–Trinajstić information content (AvgIpc) is 2.68. The third-order valence-electron chi connectivity index (χ3n) is 3.47. The second kappa shape index (κ2) is 6.37. The van der Waals surface area contributed by atoms with Gasteiger partial charge in [0.25, 0.3) is 0 Å². The fraction of sp³-hybridized carbons (Fsp3) is 0.375. The van der Waals surface area contributed by atoms with E-state index in [1.807, 2.05) is 19.1 Å². The lowest BCUT2D eigenvalue weighted by Crippen LogP contribution is -2.23. The molecule has 20 heavy (non-hydrogen) atoms. The lowest BCUT2D eigenvalue weighted by atomic mass is 10.0. The van der Waals surface area contributed by atoms with Crippen LogP contribution >= 0.6 is 27.3 Å². The minimum absolute atomic E-state index is 0.0299. The smallest absolute Gasteiger partial charge is 0.129 e. The van der Waals surface area contributed by atoms with Crippen molar-refractivity contribution in [2.75, 3.05) is 0 Å². The van der Waals surface area contributed by atoms with Crippen LogP contribution in [0.15, 0.2) is 28.7 Å². The van der Waals surface area contributed by atoms with Crippen LogP contribution in [0.3, 0.4) is 0 Å². The number of hydrogen-bond donors (Lipinski definition) is 1. The van der Waals surface area contributed by atoms with E-state index in [-0.39, 0.29) is 17.9 Å². The zero-order valence-electron chi connectivity index (χ0n) is 12.1. The van der Waals surface area contributed by atoms with Crippen molar-refractivity contribution in [2.24, 2.45) is 0 Å². The molecule has 0 aliphatic rings. The van der Waals surface area contributed by atoms with Crippen molar-refractivity contribution in [3.8, 4) is 0 Å². The SMILES string of the molecule is Cc1cc(C(C)NC(C)c2ccc(Br)cc2F)c(C)s1. The molecule has 1 N–H and O–H groups in total. The highest BCUT2D eigenvalue weighted by atomic mass is 79.9. The van der Waals surface area contributed by atoms with E-state index in [1.54, 1.807) is 11.3 Å². The summed E-state index contributed by atoms with van der Waals surface area (Å²) in [5, 5.41) is 3.48. The Morgan fingerprint density at radius 3 is 2.30 bits per heavy atom. The minimum Gasteiger partial charge on any atom is -0.304 e. The normalized spacial score (nSPS) is 14.3. The van der Waals surface area contributed by atoms with Gasteiger partial charge in [-0.1, -0.05) is 22.0 Å². The van der Waals surface area contributed by atoms with E-state index < -0.39 is 0 Å². The van der Waals surface area contributed by atoms with Crippen LogP contribution in [0.1, 0.15) is 46.8 Å². The van der Waals surface area contributed by atoms with Crippen molar-refractivity contribution < 1.29 is 4.39 Å². The first kappa shape index (κ1) is 15.7. The van der Waals surface area contributed by atoms with Crippen LogP contribution in [-0.4, -0.2) is 0 Å². The molecule has 0 saturated heterocycles. The van der Waals surface area contributed by atoms with Crippen LogP contribution in [0.25, 0.3) is 0 Å². The fourth-order valence-electron chi connectivity index (χ4n) is 2.49. The van der Waals surface area contributed by atoms with Gasteiger partial charge in [-0.15, -0.1) is 11.3 Å². The molecule has 2 rings (SSSR count). The average molecular weight is 356 g/mol. The summed E-state index contributed by atoms with van der Waals surface area (Å²) in [6, 6.07) is 7.60. The molecule has 0 aliphatic heterocycles. The maximum Gasteiger partial charge on any atom is 0.129 e. The summed E-state index contributed by atoms with van der Waals surface area (Å²) in [4.78, 5) is 2.64. The number of aryl methyl sites for hydroxylation is 2. The molecule has 0 amide bonds. The maximum atomic E-state index is 14.0. The Kier molecular flexibility index (Phi) is 4.99. The number of rotatable bonds is 4. The van der Waals surface area contributed by atoms with Gasteiger partial charge in [0.15, 0.2) is 0 Å². The summed E-state index contributed by atoms with van der Waals surface area (Å²) in [5.41, 5.74) is 2.00. The number of nitrogens with one attached hydrogen (secondary N) is 1. The third-order valence-corrected chi connectivity index (χ3v) is 4.95. The van der Waals surface area contributed by atoms with Crippen LogP contribution in [0.4, 0.5) is 4.39 Å². The molecule has 2 unspecified atom stereocenters. The van der Waals surface area contributed by atoms with Gasteiger partial charge >= 0.3 is 0 Å². The summed E-state index contributed by atoms with van der Waals surface area (Å²) < 4.78 is 14.7. The van der Waals surface area contributed by atoms with Gasteiger partial charge in [-0.05, 0) is 51.5 Å². The molecule has 0 bridgehead atoms. The Morgan fingerprint density at radius 1 is 1.10 bits per heavy atom. The van der Waals surface area contributed by atoms with Gasteiger partial charge in [0.05, 0.1) is 0 Å². The maximum absolute atomic E-state index is 14.0. The minimum atomic E-state index is -0.176. The third kappa shape index (κ3) is 3.48. The van der Waals surface area contributed by atoms with Crippen LogP contribution in [-0.2, 0) is 0 Å². The largest absolute Gasteiger partial charge is 0.304 e. The topological polar surface area (TPSA) is 12.0 Å². The Balaban J connectivity index is 2.14. The highest BCUT2D eigenvalue weighted by Crippen LogP contribution is 2.29. The van der Waals surface area contributed by atoms with Gasteiger partial charge in [0.2, 0.25) is 0 Å². The predicted molar refractivity (Wildman–Crippen MR) is 87.9 cm³/mol. The standard InChI is InChI=1S/C16H19BrFNS/c1-9-7-15(12(4)20-9)11(3)19-10(2)14-6-5-13(17)8-16(14)18/h5-8,10-11,19H,1-4H3. The Labute approximate surface area is 132 Å². The van der Waals surface area contributed by atoms with Gasteiger partial charge in [0.1, 0.15) is 5.82 Å². The first-order chi connectivity index (χ1) is 9.38. The summed E-state index contributed by atoms with van der Waals surface area (Å²) >= 11 is 5.09. The Morgan fingerprint density at radius 2 is 1.75 bits per heavy atom. The van der Waals surface area contributed by atoms with E-state index in [0.717, 1.165) is 4.47 Å². The van der Waals surface area contributed by atoms with Crippen molar-refractivity contribution in [3.05, 3.63) is 55.4 Å². The van der Waals surface area contributed by atoms with Gasteiger partial charge in [-0.25, -0.2) is 4.39 Å². The lowest BCUT2D eigenvalue weighted by molar-refractivity contribution is 0.473. The molecule has 1 nitrogen and oxygen atoms in total. The zero-order chi connectivity index (χ0) is 14.9. The monoisotopic (exact) mass is 355 g/mol. The van der Waals surface area contributed by atoms with Crippen LogP contribution in [0.2, 0.25) is 0 Å².